The Labute approximate surface area is 269 Å². The first-order valence-corrected chi connectivity index (χ1v) is 17.0. The lowest BCUT2D eigenvalue weighted by Crippen LogP contribution is -2.47. The van der Waals surface area contributed by atoms with Crippen LogP contribution in [0.5, 0.6) is 11.6 Å². The average molecular weight is 644 g/mol. The highest BCUT2D eigenvalue weighted by atomic mass is 35.5. The van der Waals surface area contributed by atoms with E-state index in [1.807, 2.05) is 42.1 Å². The SMILES string of the molecule is CSCCN1CCN(c2ccc(Oc3cc(CN4CCC(CNC(C)=O)CC4)cc(-c4cc(Cl)cc(Cl)c4)n3)cn2)CC1. The number of nitrogens with zero attached hydrogens (tertiary/aromatic N) is 5. The second kappa shape index (κ2) is 15.4. The summed E-state index contributed by atoms with van der Waals surface area (Å²) in [6.45, 7) is 10.2. The summed E-state index contributed by atoms with van der Waals surface area (Å²) in [6.07, 6.45) is 6.04. The molecule has 0 spiro atoms. The van der Waals surface area contributed by atoms with E-state index >= 15 is 0 Å². The van der Waals surface area contributed by atoms with Gasteiger partial charge in [-0.05, 0) is 80.1 Å². The summed E-state index contributed by atoms with van der Waals surface area (Å²) in [7, 11) is 0. The summed E-state index contributed by atoms with van der Waals surface area (Å²) in [5.41, 5.74) is 2.69. The first-order valence-electron chi connectivity index (χ1n) is 14.9. The Morgan fingerprint density at radius 2 is 1.74 bits per heavy atom. The number of piperazine rings is 1. The molecule has 0 radical (unpaired) electrons. The molecule has 2 aliphatic heterocycles. The van der Waals surface area contributed by atoms with Crippen LogP contribution in [0.2, 0.25) is 10.0 Å². The number of piperidine rings is 1. The van der Waals surface area contributed by atoms with Crippen LogP contribution in [0.4, 0.5) is 5.82 Å². The number of halogens is 2. The highest BCUT2D eigenvalue weighted by molar-refractivity contribution is 7.98. The molecule has 0 unspecified atom stereocenters. The summed E-state index contributed by atoms with van der Waals surface area (Å²) in [4.78, 5) is 28.1. The zero-order valence-corrected chi connectivity index (χ0v) is 27.2. The van der Waals surface area contributed by atoms with Crippen LogP contribution in [-0.2, 0) is 11.3 Å². The van der Waals surface area contributed by atoms with Crippen LogP contribution in [0.15, 0.2) is 48.7 Å². The number of anilines is 1. The number of carbonyl (C=O) groups excluding carboxylic acids is 1. The Bertz CT molecular complexity index is 1340. The Morgan fingerprint density at radius 1 is 1.00 bits per heavy atom. The van der Waals surface area contributed by atoms with Crippen LogP contribution in [0, 0.1) is 5.92 Å². The van der Waals surface area contributed by atoms with Crippen molar-refractivity contribution in [2.45, 2.75) is 26.3 Å². The molecule has 2 aliphatic rings. The highest BCUT2D eigenvalue weighted by Crippen LogP contribution is 2.31. The molecular formula is C32H40Cl2N6O2S. The third-order valence-corrected chi connectivity index (χ3v) is 9.05. The number of nitrogens with one attached hydrogen (secondary N) is 1. The van der Waals surface area contributed by atoms with Crippen molar-refractivity contribution in [3.63, 3.8) is 0 Å². The van der Waals surface area contributed by atoms with E-state index in [9.17, 15) is 4.79 Å². The number of rotatable bonds is 11. The van der Waals surface area contributed by atoms with Crippen molar-refractivity contribution >= 4 is 46.7 Å². The second-order valence-corrected chi connectivity index (χ2v) is 13.1. The zero-order valence-electron chi connectivity index (χ0n) is 24.9. The van der Waals surface area contributed by atoms with Gasteiger partial charge in [-0.2, -0.15) is 11.8 Å². The van der Waals surface area contributed by atoms with Gasteiger partial charge in [0.25, 0.3) is 0 Å². The number of aromatic nitrogens is 2. The van der Waals surface area contributed by atoms with Gasteiger partial charge >= 0.3 is 0 Å². The van der Waals surface area contributed by atoms with Gasteiger partial charge in [0, 0.05) is 80.2 Å². The molecule has 5 rings (SSSR count). The third kappa shape index (κ3) is 9.46. The molecule has 0 bridgehead atoms. The molecule has 1 N–H and O–H groups in total. The maximum Gasteiger partial charge on any atom is 0.220 e. The van der Waals surface area contributed by atoms with E-state index < -0.39 is 0 Å². The van der Waals surface area contributed by atoms with Crippen molar-refractivity contribution in [2.24, 2.45) is 5.92 Å². The van der Waals surface area contributed by atoms with E-state index in [0.717, 1.165) is 94.4 Å². The van der Waals surface area contributed by atoms with Gasteiger partial charge in [0.05, 0.1) is 11.9 Å². The number of hydrogen-bond acceptors (Lipinski definition) is 8. The smallest absolute Gasteiger partial charge is 0.220 e. The molecule has 2 saturated heterocycles. The number of benzene rings is 1. The van der Waals surface area contributed by atoms with Gasteiger partial charge < -0.3 is 15.0 Å². The predicted octanol–water partition coefficient (Wildman–Crippen LogP) is 6.08. The molecule has 3 aromatic rings. The van der Waals surface area contributed by atoms with Crippen molar-refractivity contribution in [1.82, 2.24) is 25.1 Å². The quantitative estimate of drug-likeness (QED) is 0.270. The monoisotopic (exact) mass is 642 g/mol. The summed E-state index contributed by atoms with van der Waals surface area (Å²) >= 11 is 14.6. The second-order valence-electron chi connectivity index (χ2n) is 11.3. The zero-order chi connectivity index (χ0) is 30.2. The molecule has 1 aromatic carbocycles. The van der Waals surface area contributed by atoms with Crippen LogP contribution < -0.4 is 15.0 Å². The van der Waals surface area contributed by atoms with Crippen molar-refractivity contribution in [3.8, 4) is 22.9 Å². The van der Waals surface area contributed by atoms with Crippen LogP contribution in [0.25, 0.3) is 11.3 Å². The number of likely N-dealkylation sites (tertiary alicyclic amines) is 1. The van der Waals surface area contributed by atoms with Gasteiger partial charge in [0.2, 0.25) is 11.8 Å². The molecular weight excluding hydrogens is 603 g/mol. The van der Waals surface area contributed by atoms with E-state index in [0.29, 0.717) is 27.6 Å². The molecule has 4 heterocycles. The predicted molar refractivity (Wildman–Crippen MR) is 178 cm³/mol. The highest BCUT2D eigenvalue weighted by Gasteiger charge is 2.21. The van der Waals surface area contributed by atoms with Crippen molar-refractivity contribution < 1.29 is 9.53 Å². The Balaban J connectivity index is 1.28. The van der Waals surface area contributed by atoms with Crippen LogP contribution in [0.3, 0.4) is 0 Å². The third-order valence-electron chi connectivity index (χ3n) is 8.02. The average Bonchev–Trinajstić information content (AvgIpc) is 3.00. The fourth-order valence-corrected chi connectivity index (χ4v) is 6.58. The number of hydrogen-bond donors (Lipinski definition) is 1. The van der Waals surface area contributed by atoms with Gasteiger partial charge in [-0.15, -0.1) is 0 Å². The molecule has 0 atom stereocenters. The molecule has 8 nitrogen and oxygen atoms in total. The Morgan fingerprint density at radius 3 is 2.40 bits per heavy atom. The van der Waals surface area contributed by atoms with Gasteiger partial charge in [0.15, 0.2) is 0 Å². The number of carbonyl (C=O) groups is 1. The molecule has 2 fully saturated rings. The Kier molecular flexibility index (Phi) is 11.4. The topological polar surface area (TPSA) is 73.8 Å². The summed E-state index contributed by atoms with van der Waals surface area (Å²) in [5.74, 6) is 3.83. The molecule has 230 valence electrons. The molecule has 43 heavy (non-hydrogen) atoms. The van der Waals surface area contributed by atoms with Crippen molar-refractivity contribution in [3.05, 3.63) is 64.3 Å². The molecule has 1 amide bonds. The standard InChI is InChI=1S/C32H40Cl2N6O2S/c1-23(41)35-20-24-5-7-39(8-6-24)22-25-15-30(26-17-27(33)19-28(34)18-26)37-32(16-25)42-29-3-4-31(36-21-29)40-11-9-38(10-12-40)13-14-43-2/h3-4,15-19,21,24H,5-14,20,22H2,1-2H3,(H,35,41). The summed E-state index contributed by atoms with van der Waals surface area (Å²) < 4.78 is 6.28. The number of pyridine rings is 2. The first-order chi connectivity index (χ1) is 20.8. The molecule has 0 aliphatic carbocycles. The van der Waals surface area contributed by atoms with Gasteiger partial charge in [0.1, 0.15) is 11.6 Å². The largest absolute Gasteiger partial charge is 0.437 e. The van der Waals surface area contributed by atoms with Crippen LogP contribution >= 0.6 is 35.0 Å². The van der Waals surface area contributed by atoms with Crippen molar-refractivity contribution in [1.29, 1.82) is 0 Å². The maximum absolute atomic E-state index is 11.3. The van der Waals surface area contributed by atoms with Crippen LogP contribution in [-0.4, -0.2) is 90.0 Å². The maximum atomic E-state index is 11.3. The lowest BCUT2D eigenvalue weighted by Gasteiger charge is -2.35. The van der Waals surface area contributed by atoms with Gasteiger partial charge in [-0.1, -0.05) is 23.2 Å². The van der Waals surface area contributed by atoms with Gasteiger partial charge in [-0.3, -0.25) is 14.6 Å². The summed E-state index contributed by atoms with van der Waals surface area (Å²) in [6, 6.07) is 13.5. The number of amides is 1. The number of ether oxygens (including phenoxy) is 1. The number of thioether (sulfide) groups is 1. The lowest BCUT2D eigenvalue weighted by molar-refractivity contribution is -0.119. The van der Waals surface area contributed by atoms with E-state index in [1.54, 1.807) is 19.2 Å². The van der Waals surface area contributed by atoms with E-state index in [1.165, 1.54) is 5.75 Å². The fourth-order valence-electron chi connectivity index (χ4n) is 5.61. The molecule has 11 heteroatoms. The normalized spacial score (nSPS) is 16.8. The van der Waals surface area contributed by atoms with Crippen molar-refractivity contribution in [2.75, 3.05) is 69.3 Å². The van der Waals surface area contributed by atoms with E-state index in [-0.39, 0.29) is 5.91 Å². The lowest BCUT2D eigenvalue weighted by atomic mass is 9.96. The Hall–Kier alpha value is -2.56. The van der Waals surface area contributed by atoms with Gasteiger partial charge in [-0.25, -0.2) is 9.97 Å². The van der Waals surface area contributed by atoms with E-state index in [2.05, 4.69) is 32.3 Å². The molecule has 0 saturated carbocycles. The fraction of sp³-hybridized carbons (Fsp3) is 0.469. The first kappa shape index (κ1) is 31.9. The van der Waals surface area contributed by atoms with Crippen LogP contribution in [0.1, 0.15) is 25.3 Å². The minimum Gasteiger partial charge on any atom is -0.437 e. The minimum absolute atomic E-state index is 0.0326. The minimum atomic E-state index is 0.0326. The molecule has 2 aromatic heterocycles. The summed E-state index contributed by atoms with van der Waals surface area (Å²) in [5, 5.41) is 4.08. The van der Waals surface area contributed by atoms with E-state index in [4.69, 9.17) is 37.9 Å².